The van der Waals surface area contributed by atoms with E-state index in [-0.39, 0.29) is 5.56 Å². The molecule has 0 amide bonds. The second-order valence-corrected chi connectivity index (χ2v) is 2.96. The number of alkyl halides is 2. The average molecular weight is 220 g/mol. The number of aliphatic hydroxyl groups is 1. The third kappa shape index (κ3) is 2.12. The fraction of sp³-hybridized carbons (Fsp3) is 0.500. The van der Waals surface area contributed by atoms with Crippen molar-refractivity contribution in [3.8, 4) is 0 Å². The molecule has 0 aliphatic carbocycles. The summed E-state index contributed by atoms with van der Waals surface area (Å²) < 4.78 is 27.0. The Morgan fingerprint density at radius 3 is 2.73 bits per heavy atom. The molecule has 0 spiro atoms. The third-order valence-electron chi connectivity index (χ3n) is 1.92. The topological polar surface area (TPSA) is 75.4 Å². The molecule has 1 unspecified atom stereocenters. The van der Waals surface area contributed by atoms with Crippen molar-refractivity contribution in [1.29, 1.82) is 0 Å². The normalized spacial score (nSPS) is 13.9. The predicted octanol–water partition coefficient (Wildman–Crippen LogP) is 0.656. The Kier molecular flexibility index (Phi) is 3.04. The van der Waals surface area contributed by atoms with Crippen LogP contribution in [0, 0.1) is 0 Å². The smallest absolute Gasteiger partial charge is 0.377 e. The van der Waals surface area contributed by atoms with Gasteiger partial charge in [0.05, 0.1) is 6.20 Å². The van der Waals surface area contributed by atoms with Crippen molar-refractivity contribution in [3.63, 3.8) is 0 Å². The molecule has 0 saturated heterocycles. The molecule has 0 aromatic carbocycles. The lowest BCUT2D eigenvalue weighted by Gasteiger charge is -2.16. The second-order valence-electron chi connectivity index (χ2n) is 2.96. The molecule has 5 nitrogen and oxygen atoms in total. The van der Waals surface area contributed by atoms with Crippen molar-refractivity contribution in [2.24, 2.45) is 0 Å². The van der Waals surface area contributed by atoms with Crippen molar-refractivity contribution in [2.45, 2.75) is 25.5 Å². The Morgan fingerprint density at radius 2 is 2.33 bits per heavy atom. The van der Waals surface area contributed by atoms with Crippen LogP contribution in [-0.2, 0) is 11.3 Å². The first kappa shape index (κ1) is 11.6. The number of carbonyl (C=O) groups is 1. The Hall–Kier alpha value is -1.50. The van der Waals surface area contributed by atoms with Gasteiger partial charge in [-0.15, -0.1) is 0 Å². The molecule has 0 fully saturated rings. The summed E-state index contributed by atoms with van der Waals surface area (Å²) in [6, 6.07) is 0. The summed E-state index contributed by atoms with van der Waals surface area (Å²) in [4.78, 5) is 10.2. The standard InChI is InChI=1S/C8H10F2N2O3/c1-2-12-4-5(3-11-12)6(13)8(9,10)7(14)15/h3-4,6,13H,2H2,1H3,(H,14,15). The molecule has 1 rings (SSSR count). The van der Waals surface area contributed by atoms with E-state index in [0.29, 0.717) is 6.54 Å². The zero-order chi connectivity index (χ0) is 11.6. The fourth-order valence-electron chi connectivity index (χ4n) is 1.02. The summed E-state index contributed by atoms with van der Waals surface area (Å²) in [5, 5.41) is 21.0. The average Bonchev–Trinajstić information content (AvgIpc) is 2.64. The summed E-state index contributed by atoms with van der Waals surface area (Å²) in [6.45, 7) is 2.18. The number of nitrogens with zero attached hydrogens (tertiary/aromatic N) is 2. The fourth-order valence-corrected chi connectivity index (χ4v) is 1.02. The van der Waals surface area contributed by atoms with Gasteiger partial charge in [-0.2, -0.15) is 13.9 Å². The molecule has 7 heteroatoms. The van der Waals surface area contributed by atoms with Gasteiger partial charge in [-0.25, -0.2) is 4.79 Å². The maximum Gasteiger partial charge on any atom is 0.377 e. The van der Waals surface area contributed by atoms with E-state index in [1.165, 1.54) is 10.9 Å². The number of aryl methyl sites for hydroxylation is 1. The van der Waals surface area contributed by atoms with Crippen molar-refractivity contribution < 1.29 is 23.8 Å². The quantitative estimate of drug-likeness (QED) is 0.781. The summed E-state index contributed by atoms with van der Waals surface area (Å²) in [5.74, 6) is -6.57. The Morgan fingerprint density at radius 1 is 1.73 bits per heavy atom. The third-order valence-corrected chi connectivity index (χ3v) is 1.92. The number of aliphatic carboxylic acids is 1. The summed E-state index contributed by atoms with van der Waals surface area (Å²) in [5.41, 5.74) is -0.218. The van der Waals surface area contributed by atoms with Crippen molar-refractivity contribution in [2.75, 3.05) is 0 Å². The molecule has 0 aliphatic rings. The number of rotatable bonds is 4. The molecule has 0 saturated carbocycles. The van der Waals surface area contributed by atoms with Crippen LogP contribution in [-0.4, -0.2) is 31.9 Å². The lowest BCUT2D eigenvalue weighted by molar-refractivity contribution is -0.182. The largest absolute Gasteiger partial charge is 0.477 e. The minimum Gasteiger partial charge on any atom is -0.477 e. The van der Waals surface area contributed by atoms with E-state index in [9.17, 15) is 13.6 Å². The summed E-state index contributed by atoms with van der Waals surface area (Å²) >= 11 is 0. The highest BCUT2D eigenvalue weighted by molar-refractivity contribution is 5.76. The molecule has 0 bridgehead atoms. The zero-order valence-electron chi connectivity index (χ0n) is 7.89. The molecule has 84 valence electrons. The first-order chi connectivity index (χ1) is 6.89. The van der Waals surface area contributed by atoms with Crippen LogP contribution in [0.2, 0.25) is 0 Å². The molecular weight excluding hydrogens is 210 g/mol. The molecule has 0 radical (unpaired) electrons. The van der Waals surface area contributed by atoms with Gasteiger partial charge in [0.15, 0.2) is 6.10 Å². The number of hydrogen-bond donors (Lipinski definition) is 2. The number of aliphatic hydroxyl groups excluding tert-OH is 1. The van der Waals surface area contributed by atoms with Gasteiger partial charge in [-0.05, 0) is 6.92 Å². The molecule has 1 aromatic heterocycles. The van der Waals surface area contributed by atoms with Crippen molar-refractivity contribution in [3.05, 3.63) is 18.0 Å². The highest BCUT2D eigenvalue weighted by Gasteiger charge is 2.48. The van der Waals surface area contributed by atoms with Gasteiger partial charge in [-0.1, -0.05) is 0 Å². The van der Waals surface area contributed by atoms with E-state index < -0.39 is 18.0 Å². The second kappa shape index (κ2) is 3.93. The van der Waals surface area contributed by atoms with E-state index in [0.717, 1.165) is 6.20 Å². The van der Waals surface area contributed by atoms with Gasteiger partial charge >= 0.3 is 11.9 Å². The predicted molar refractivity (Wildman–Crippen MR) is 45.4 cm³/mol. The van der Waals surface area contributed by atoms with Crippen LogP contribution in [0.3, 0.4) is 0 Å². The minimum atomic E-state index is -4.21. The van der Waals surface area contributed by atoms with E-state index in [4.69, 9.17) is 10.2 Å². The van der Waals surface area contributed by atoms with E-state index in [1.54, 1.807) is 6.92 Å². The van der Waals surface area contributed by atoms with E-state index >= 15 is 0 Å². The van der Waals surface area contributed by atoms with Crippen LogP contribution in [0.5, 0.6) is 0 Å². The molecule has 0 aliphatic heterocycles. The minimum absolute atomic E-state index is 0.218. The summed E-state index contributed by atoms with van der Waals surface area (Å²) in [6.07, 6.45) is -0.178. The van der Waals surface area contributed by atoms with Gasteiger partial charge in [0.25, 0.3) is 0 Å². The highest BCUT2D eigenvalue weighted by atomic mass is 19.3. The number of aromatic nitrogens is 2. The molecule has 1 atom stereocenters. The van der Waals surface area contributed by atoms with E-state index in [1.807, 2.05) is 0 Å². The van der Waals surface area contributed by atoms with Crippen LogP contribution >= 0.6 is 0 Å². The van der Waals surface area contributed by atoms with Gasteiger partial charge in [0, 0.05) is 18.3 Å². The Balaban J connectivity index is 2.93. The van der Waals surface area contributed by atoms with Crippen molar-refractivity contribution in [1.82, 2.24) is 9.78 Å². The van der Waals surface area contributed by atoms with Crippen LogP contribution in [0.25, 0.3) is 0 Å². The first-order valence-corrected chi connectivity index (χ1v) is 4.21. The number of carboxylic acid groups (broad SMARTS) is 1. The van der Waals surface area contributed by atoms with Crippen LogP contribution < -0.4 is 0 Å². The summed E-state index contributed by atoms with van der Waals surface area (Å²) in [7, 11) is 0. The zero-order valence-corrected chi connectivity index (χ0v) is 7.89. The molecule has 1 heterocycles. The Bertz CT molecular complexity index is 365. The first-order valence-electron chi connectivity index (χ1n) is 4.21. The highest BCUT2D eigenvalue weighted by Crippen LogP contribution is 2.31. The van der Waals surface area contributed by atoms with E-state index in [2.05, 4.69) is 5.10 Å². The van der Waals surface area contributed by atoms with Crippen LogP contribution in [0.4, 0.5) is 8.78 Å². The number of hydrogen-bond acceptors (Lipinski definition) is 3. The molecular formula is C8H10F2N2O3. The lowest BCUT2D eigenvalue weighted by Crippen LogP contribution is -2.35. The van der Waals surface area contributed by atoms with Crippen molar-refractivity contribution >= 4 is 5.97 Å². The Labute approximate surface area is 83.9 Å². The number of carboxylic acids is 1. The lowest BCUT2D eigenvalue weighted by atomic mass is 10.1. The monoisotopic (exact) mass is 220 g/mol. The van der Waals surface area contributed by atoms with Crippen LogP contribution in [0.15, 0.2) is 12.4 Å². The van der Waals surface area contributed by atoms with Gasteiger partial charge < -0.3 is 10.2 Å². The maximum absolute atomic E-state index is 12.9. The van der Waals surface area contributed by atoms with Crippen LogP contribution in [0.1, 0.15) is 18.6 Å². The molecule has 2 N–H and O–H groups in total. The van der Waals surface area contributed by atoms with Gasteiger partial charge in [0.2, 0.25) is 0 Å². The maximum atomic E-state index is 12.9. The molecule has 1 aromatic rings. The number of halogens is 2. The SMILES string of the molecule is CCn1cc(C(O)C(F)(F)C(=O)O)cn1. The molecule has 15 heavy (non-hydrogen) atoms. The van der Waals surface area contributed by atoms with Gasteiger partial charge in [-0.3, -0.25) is 4.68 Å². The van der Waals surface area contributed by atoms with Gasteiger partial charge in [0.1, 0.15) is 0 Å².